The van der Waals surface area contributed by atoms with Gasteiger partial charge in [0.15, 0.2) is 0 Å². The fraction of sp³-hybridized carbons (Fsp3) is 0.407. The molecule has 0 bridgehead atoms. The van der Waals surface area contributed by atoms with Gasteiger partial charge in [-0.3, -0.25) is 0 Å². The number of ether oxygens (including phenoxy) is 1. The number of unbranched alkanes of at least 4 members (excludes halogenated alkanes) is 3. The summed E-state index contributed by atoms with van der Waals surface area (Å²) in [4.78, 5) is 0. The summed E-state index contributed by atoms with van der Waals surface area (Å²) in [5.41, 5.74) is 12.9. The van der Waals surface area contributed by atoms with E-state index in [1.807, 2.05) is 0 Å². The molecule has 57 heavy (non-hydrogen) atoms. The predicted octanol–water partition coefficient (Wildman–Crippen LogP) is 15.9. The molecule has 1 nitrogen and oxygen atoms in total. The van der Waals surface area contributed by atoms with Crippen LogP contribution in [-0.4, -0.2) is 19.1 Å². The first-order valence-electron chi connectivity index (χ1n) is 20.4. The molecule has 0 fully saturated rings. The summed E-state index contributed by atoms with van der Waals surface area (Å²) in [6.07, 6.45) is 6.07. The molecule has 0 N–H and O–H groups in total. The van der Waals surface area contributed by atoms with Gasteiger partial charge in [-0.1, -0.05) is 160 Å². The summed E-state index contributed by atoms with van der Waals surface area (Å²) < 4.78 is 5.85. The Labute approximate surface area is 366 Å². The molecule has 0 saturated heterocycles. The molecule has 3 heteroatoms. The molecular weight excluding hydrogens is 784 g/mol. The molecule has 0 spiro atoms. The van der Waals surface area contributed by atoms with Gasteiger partial charge in [-0.15, -0.1) is 74.6 Å². The summed E-state index contributed by atoms with van der Waals surface area (Å²) in [6.45, 7) is 30.7. The van der Waals surface area contributed by atoms with E-state index in [-0.39, 0.29) is 31.3 Å². The van der Waals surface area contributed by atoms with Crippen molar-refractivity contribution in [3.05, 3.63) is 146 Å². The van der Waals surface area contributed by atoms with Crippen LogP contribution in [0, 0.1) is 21.8 Å². The van der Waals surface area contributed by atoms with Gasteiger partial charge in [0.05, 0.1) is 5.60 Å². The van der Waals surface area contributed by atoms with Crippen LogP contribution in [-0.2, 0) is 45.3 Å². The molecule has 6 aromatic rings. The Morgan fingerprint density at radius 1 is 0.614 bits per heavy atom. The molecule has 0 aliphatic heterocycles. The molecule has 6 rings (SSSR count). The Hall–Kier alpha value is -2.84. The summed E-state index contributed by atoms with van der Waals surface area (Å²) in [5, 5.41) is 5.55. The van der Waals surface area contributed by atoms with Crippen LogP contribution in [0.3, 0.4) is 0 Å². The summed E-state index contributed by atoms with van der Waals surface area (Å²) in [5.74, 6) is 0.573. The van der Waals surface area contributed by atoms with Crippen molar-refractivity contribution in [3.63, 3.8) is 0 Å². The van der Waals surface area contributed by atoms with E-state index >= 15 is 0 Å². The zero-order chi connectivity index (χ0) is 40.6. The normalized spacial score (nSPS) is 11.6. The fourth-order valence-corrected chi connectivity index (χ4v) is 7.39. The molecule has 0 heterocycles. The number of fused-ring (bicyclic) bond motifs is 2. The molecule has 0 aliphatic rings. The molecule has 0 amide bonds. The van der Waals surface area contributed by atoms with E-state index in [0.29, 0.717) is 5.92 Å². The molecule has 0 aliphatic carbocycles. The number of hydrogen-bond acceptors (Lipinski definition) is 1. The minimum absolute atomic E-state index is 0. The first-order valence-corrected chi connectivity index (χ1v) is 24.6. The van der Waals surface area contributed by atoms with Gasteiger partial charge in [0.25, 0.3) is 0 Å². The Kier molecular flexibility index (Phi) is 19.4. The van der Waals surface area contributed by atoms with E-state index in [0.717, 1.165) is 19.4 Å². The average molecular weight is 856 g/mol. The van der Waals surface area contributed by atoms with Gasteiger partial charge in [-0.25, -0.2) is 0 Å². The van der Waals surface area contributed by atoms with Crippen LogP contribution in [0.5, 0.6) is 0 Å². The van der Waals surface area contributed by atoms with Crippen LogP contribution in [0.4, 0.5) is 0 Å². The first kappa shape index (κ1) is 50.3. The van der Waals surface area contributed by atoms with E-state index in [1.165, 1.54) is 114 Å². The zero-order valence-corrected chi connectivity index (χ0v) is 41.5. The molecule has 0 unspecified atom stereocenters. The topological polar surface area (TPSA) is 9.23 Å². The van der Waals surface area contributed by atoms with Gasteiger partial charge in [0, 0.05) is 6.61 Å². The zero-order valence-electron chi connectivity index (χ0n) is 38.0. The SMILES string of the molecule is CC(C)c1cc2c(-c3ccc(C(C)(C)C)cc3)cccc2[cH-]1.Cc1[cH-]c2cccc(-c3ccc(C(C)(C)C)cc3)c2c1CCCCCCOC(C)(C)C.[CH3-].[CH3-].[Si]=[Zr]. The van der Waals surface area contributed by atoms with Crippen LogP contribution >= 0.6 is 0 Å². The second-order valence-corrected chi connectivity index (χ2v) is 18.6. The van der Waals surface area contributed by atoms with Crippen LogP contribution < -0.4 is 0 Å². The molecule has 0 atom stereocenters. The monoisotopic (exact) mass is 854 g/mol. The molecule has 0 saturated carbocycles. The van der Waals surface area contributed by atoms with Crippen molar-refractivity contribution in [1.29, 1.82) is 0 Å². The molecule has 0 aromatic heterocycles. The van der Waals surface area contributed by atoms with E-state index in [9.17, 15) is 0 Å². The van der Waals surface area contributed by atoms with Crippen LogP contribution in [0.1, 0.15) is 136 Å². The Morgan fingerprint density at radius 3 is 1.61 bits per heavy atom. The van der Waals surface area contributed by atoms with E-state index in [2.05, 4.69) is 193 Å². The van der Waals surface area contributed by atoms with Crippen LogP contribution in [0.15, 0.2) is 103 Å². The molecule has 6 aromatic carbocycles. The van der Waals surface area contributed by atoms with Gasteiger partial charge in [0.1, 0.15) is 0 Å². The Balaban J connectivity index is 0.000000381. The second kappa shape index (κ2) is 22.0. The number of rotatable bonds is 10. The number of hydrogen-bond donors (Lipinski definition) is 0. The van der Waals surface area contributed by atoms with Crippen molar-refractivity contribution >= 4 is 28.4 Å². The van der Waals surface area contributed by atoms with Crippen LogP contribution in [0.2, 0.25) is 0 Å². The van der Waals surface area contributed by atoms with E-state index < -0.39 is 0 Å². The van der Waals surface area contributed by atoms with Gasteiger partial charge in [-0.2, -0.15) is 6.07 Å². The van der Waals surface area contributed by atoms with Gasteiger partial charge < -0.3 is 19.6 Å². The van der Waals surface area contributed by atoms with E-state index in [1.54, 1.807) is 0 Å². The van der Waals surface area contributed by atoms with Crippen molar-refractivity contribution in [2.24, 2.45) is 0 Å². The van der Waals surface area contributed by atoms with E-state index in [4.69, 9.17) is 4.74 Å². The van der Waals surface area contributed by atoms with Crippen molar-refractivity contribution in [2.75, 3.05) is 6.61 Å². The maximum atomic E-state index is 5.85. The standard InChI is InChI=1S/C30H41O.C22H25.2CH3.Si.Zr/c1-22-21-24-13-12-15-27(23-16-18-25(19-17-23)29(2,3)4)28(24)26(22)14-10-8-9-11-20-31-30(5,6)7;1-15(2)18-13-17-7-6-8-20(21(17)14-18)16-9-11-19(12-10-16)22(3,4)5;;;;/h12-13,15-19,21H,8-11,14,20H2,1-7H3;6-15H,1-5H3;2*1H3;;/q4*-1;;. The maximum absolute atomic E-state index is 5.85. The third-order valence-corrected chi connectivity index (χ3v) is 10.7. The fourth-order valence-electron chi connectivity index (χ4n) is 7.39. The molecule has 306 valence electrons. The van der Waals surface area contributed by atoms with Crippen molar-refractivity contribution < 1.29 is 28.1 Å². The Bertz CT molecular complexity index is 2090. The summed E-state index contributed by atoms with van der Waals surface area (Å²) in [7, 11) is 0. The third kappa shape index (κ3) is 13.9. The Morgan fingerprint density at radius 2 is 1.11 bits per heavy atom. The van der Waals surface area contributed by atoms with Gasteiger partial charge in [0.2, 0.25) is 0 Å². The van der Waals surface area contributed by atoms with Crippen molar-refractivity contribution in [2.45, 2.75) is 138 Å². The number of aryl methyl sites for hydroxylation is 2. The summed E-state index contributed by atoms with van der Waals surface area (Å²) in [6, 6.07) is 38.7. The van der Waals surface area contributed by atoms with Crippen molar-refractivity contribution in [3.8, 4) is 22.3 Å². The molecule has 2 radical (unpaired) electrons. The average Bonchev–Trinajstić information content (AvgIpc) is 3.72. The van der Waals surface area contributed by atoms with Gasteiger partial charge in [-0.05, 0) is 66.2 Å². The van der Waals surface area contributed by atoms with Gasteiger partial charge >= 0.3 is 30.2 Å². The quantitative estimate of drug-likeness (QED) is 0.0758. The first-order chi connectivity index (χ1) is 25.9. The predicted molar refractivity (Wildman–Crippen MR) is 253 cm³/mol. The van der Waals surface area contributed by atoms with Crippen molar-refractivity contribution in [1.82, 2.24) is 0 Å². The number of benzene rings is 4. The summed E-state index contributed by atoms with van der Waals surface area (Å²) >= 11 is 1.36. The second-order valence-electron chi connectivity index (χ2n) is 18.6. The third-order valence-electron chi connectivity index (χ3n) is 10.7. The minimum atomic E-state index is -0.0210. The van der Waals surface area contributed by atoms with Crippen LogP contribution in [0.25, 0.3) is 43.8 Å². The molecular formula is C54H72OSiZr-4.